The lowest BCUT2D eigenvalue weighted by Crippen LogP contribution is -2.52. The highest BCUT2D eigenvalue weighted by Crippen LogP contribution is 2.26. The average molecular weight is 295 g/mol. The number of nitrogens with zero attached hydrogens (tertiary/aromatic N) is 2. The van der Waals surface area contributed by atoms with E-state index in [1.165, 1.54) is 0 Å². The summed E-state index contributed by atoms with van der Waals surface area (Å²) in [5, 5.41) is 3.27. The number of ether oxygens (including phenoxy) is 1. The van der Waals surface area contributed by atoms with E-state index < -0.39 is 0 Å². The maximum Gasteiger partial charge on any atom is 0.245 e. The van der Waals surface area contributed by atoms with Gasteiger partial charge in [-0.3, -0.25) is 9.59 Å². The Balaban J connectivity index is 1.67. The van der Waals surface area contributed by atoms with Crippen LogP contribution in [0.5, 0.6) is 0 Å². The summed E-state index contributed by atoms with van der Waals surface area (Å²) in [5.74, 6) is 0.666. The molecule has 6 nitrogen and oxygen atoms in total. The van der Waals surface area contributed by atoms with Crippen molar-refractivity contribution in [3.8, 4) is 0 Å². The molecule has 0 aromatic carbocycles. The number of carbonyl (C=O) groups is 2. The summed E-state index contributed by atoms with van der Waals surface area (Å²) in [5.41, 5.74) is 0. The third-order valence-corrected chi connectivity index (χ3v) is 4.98. The van der Waals surface area contributed by atoms with Crippen LogP contribution in [-0.2, 0) is 14.3 Å². The van der Waals surface area contributed by atoms with Gasteiger partial charge in [-0.2, -0.15) is 0 Å². The van der Waals surface area contributed by atoms with Crippen LogP contribution >= 0.6 is 0 Å². The molecule has 1 N–H and O–H groups in total. The van der Waals surface area contributed by atoms with E-state index in [2.05, 4.69) is 12.2 Å². The number of amides is 2. The molecule has 3 saturated heterocycles. The van der Waals surface area contributed by atoms with Crippen molar-refractivity contribution in [1.82, 2.24) is 15.1 Å². The van der Waals surface area contributed by atoms with Crippen molar-refractivity contribution in [2.75, 3.05) is 45.9 Å². The first-order chi connectivity index (χ1) is 10.2. The van der Waals surface area contributed by atoms with Crippen LogP contribution in [0.4, 0.5) is 0 Å². The quantitative estimate of drug-likeness (QED) is 0.759. The topological polar surface area (TPSA) is 61.9 Å². The Bertz CT molecular complexity index is 409. The van der Waals surface area contributed by atoms with Crippen LogP contribution in [0.1, 0.15) is 19.8 Å². The highest BCUT2D eigenvalue weighted by atomic mass is 16.5. The third-order valence-electron chi connectivity index (χ3n) is 4.98. The van der Waals surface area contributed by atoms with Gasteiger partial charge in [-0.05, 0) is 25.3 Å². The number of morpholine rings is 1. The van der Waals surface area contributed by atoms with E-state index in [1.54, 1.807) is 0 Å². The highest BCUT2D eigenvalue weighted by molar-refractivity contribution is 5.89. The molecule has 3 fully saturated rings. The Hall–Kier alpha value is -1.14. The van der Waals surface area contributed by atoms with E-state index in [9.17, 15) is 9.59 Å². The zero-order valence-electron chi connectivity index (χ0n) is 12.7. The molecular formula is C15H25N3O3. The lowest BCUT2D eigenvalue weighted by atomic mass is 9.96. The summed E-state index contributed by atoms with van der Waals surface area (Å²) in [7, 11) is 0. The zero-order chi connectivity index (χ0) is 14.8. The molecule has 3 unspecified atom stereocenters. The van der Waals surface area contributed by atoms with Gasteiger partial charge in [-0.15, -0.1) is 0 Å². The number of carbonyl (C=O) groups excluding carboxylic acids is 2. The molecule has 0 aromatic heterocycles. The Kier molecular flexibility index (Phi) is 4.45. The minimum atomic E-state index is -0.247. The first-order valence-corrected chi connectivity index (χ1v) is 8.06. The Labute approximate surface area is 125 Å². The molecule has 0 saturated carbocycles. The molecule has 6 heteroatoms. The fraction of sp³-hybridized carbons (Fsp3) is 0.867. The van der Waals surface area contributed by atoms with E-state index in [0.717, 1.165) is 32.5 Å². The Morgan fingerprint density at radius 3 is 2.52 bits per heavy atom. The Morgan fingerprint density at radius 2 is 1.86 bits per heavy atom. The van der Waals surface area contributed by atoms with Crippen LogP contribution in [0, 0.1) is 11.8 Å². The molecule has 0 radical (unpaired) electrons. The van der Waals surface area contributed by atoms with Gasteiger partial charge in [0.2, 0.25) is 11.8 Å². The van der Waals surface area contributed by atoms with Crippen LogP contribution in [0.3, 0.4) is 0 Å². The predicted octanol–water partition coefficient (Wildman–Crippen LogP) is -0.308. The molecule has 3 atom stereocenters. The molecule has 3 heterocycles. The summed E-state index contributed by atoms with van der Waals surface area (Å²) in [6.07, 6.45) is 1.73. The van der Waals surface area contributed by atoms with Crippen molar-refractivity contribution in [3.05, 3.63) is 0 Å². The van der Waals surface area contributed by atoms with Gasteiger partial charge >= 0.3 is 0 Å². The second kappa shape index (κ2) is 6.32. The minimum Gasteiger partial charge on any atom is -0.378 e. The van der Waals surface area contributed by atoms with E-state index in [-0.39, 0.29) is 23.8 Å². The lowest BCUT2D eigenvalue weighted by molar-refractivity contribution is -0.148. The SMILES string of the molecule is CC1CNCC1C(=O)N1CCCC1C(=O)N1CCOCC1. The van der Waals surface area contributed by atoms with E-state index in [0.29, 0.717) is 32.2 Å². The molecule has 0 aromatic rings. The number of hydrogen-bond acceptors (Lipinski definition) is 4. The second-order valence-electron chi connectivity index (χ2n) is 6.37. The van der Waals surface area contributed by atoms with Crippen LogP contribution in [0.2, 0.25) is 0 Å². The van der Waals surface area contributed by atoms with Gasteiger partial charge in [0.15, 0.2) is 0 Å². The van der Waals surface area contributed by atoms with Crippen molar-refractivity contribution in [3.63, 3.8) is 0 Å². The standard InChI is InChI=1S/C15H25N3O3/c1-11-9-16-10-12(11)14(19)18-4-2-3-13(18)15(20)17-5-7-21-8-6-17/h11-13,16H,2-10H2,1H3. The molecule has 0 spiro atoms. The van der Waals surface area contributed by atoms with Gasteiger partial charge in [0.25, 0.3) is 0 Å². The van der Waals surface area contributed by atoms with Crippen molar-refractivity contribution >= 4 is 11.8 Å². The van der Waals surface area contributed by atoms with Gasteiger partial charge in [0.05, 0.1) is 19.1 Å². The molecule has 3 aliphatic rings. The van der Waals surface area contributed by atoms with Crippen LogP contribution in [0.25, 0.3) is 0 Å². The first kappa shape index (κ1) is 14.8. The summed E-state index contributed by atoms with van der Waals surface area (Å²) < 4.78 is 5.30. The smallest absolute Gasteiger partial charge is 0.245 e. The van der Waals surface area contributed by atoms with E-state index >= 15 is 0 Å². The lowest BCUT2D eigenvalue weighted by Gasteiger charge is -2.33. The average Bonchev–Trinajstić information content (AvgIpc) is 3.15. The summed E-state index contributed by atoms with van der Waals surface area (Å²) >= 11 is 0. The summed E-state index contributed by atoms with van der Waals surface area (Å²) in [6.45, 7) is 6.99. The predicted molar refractivity (Wildman–Crippen MR) is 77.7 cm³/mol. The number of rotatable bonds is 2. The largest absolute Gasteiger partial charge is 0.378 e. The Morgan fingerprint density at radius 1 is 1.10 bits per heavy atom. The molecular weight excluding hydrogens is 270 g/mol. The molecule has 0 bridgehead atoms. The zero-order valence-corrected chi connectivity index (χ0v) is 12.7. The first-order valence-electron chi connectivity index (χ1n) is 8.06. The third kappa shape index (κ3) is 2.92. The van der Waals surface area contributed by atoms with Gasteiger partial charge in [-0.25, -0.2) is 0 Å². The molecule has 2 amide bonds. The molecule has 3 rings (SSSR count). The van der Waals surface area contributed by atoms with Crippen LogP contribution in [0.15, 0.2) is 0 Å². The van der Waals surface area contributed by atoms with Gasteiger partial charge < -0.3 is 19.9 Å². The second-order valence-corrected chi connectivity index (χ2v) is 6.37. The van der Waals surface area contributed by atoms with Crippen LogP contribution in [-0.4, -0.2) is 73.6 Å². The molecule has 0 aliphatic carbocycles. The van der Waals surface area contributed by atoms with Gasteiger partial charge in [-0.1, -0.05) is 6.92 Å². The fourth-order valence-electron chi connectivity index (χ4n) is 3.64. The van der Waals surface area contributed by atoms with Crippen molar-refractivity contribution in [1.29, 1.82) is 0 Å². The van der Waals surface area contributed by atoms with Crippen LogP contribution < -0.4 is 5.32 Å². The minimum absolute atomic E-state index is 0.0306. The summed E-state index contributed by atoms with van der Waals surface area (Å²) in [4.78, 5) is 29.1. The van der Waals surface area contributed by atoms with E-state index in [4.69, 9.17) is 4.74 Å². The monoisotopic (exact) mass is 295 g/mol. The number of hydrogen-bond donors (Lipinski definition) is 1. The van der Waals surface area contributed by atoms with Crippen molar-refractivity contribution in [2.24, 2.45) is 11.8 Å². The fourth-order valence-corrected chi connectivity index (χ4v) is 3.64. The summed E-state index contributed by atoms with van der Waals surface area (Å²) in [6, 6.07) is -0.247. The number of likely N-dealkylation sites (tertiary alicyclic amines) is 1. The maximum absolute atomic E-state index is 12.7. The molecule has 3 aliphatic heterocycles. The van der Waals surface area contributed by atoms with Crippen molar-refractivity contribution in [2.45, 2.75) is 25.8 Å². The molecule has 118 valence electrons. The van der Waals surface area contributed by atoms with Crippen molar-refractivity contribution < 1.29 is 14.3 Å². The van der Waals surface area contributed by atoms with Gasteiger partial charge in [0.1, 0.15) is 6.04 Å². The van der Waals surface area contributed by atoms with E-state index in [1.807, 2.05) is 9.80 Å². The highest BCUT2D eigenvalue weighted by Gasteiger charge is 2.41. The maximum atomic E-state index is 12.7. The number of nitrogens with one attached hydrogen (secondary N) is 1. The van der Waals surface area contributed by atoms with Gasteiger partial charge in [0, 0.05) is 26.2 Å². The normalized spacial score (nSPS) is 33.5. The molecule has 21 heavy (non-hydrogen) atoms.